The molecular formula is C16H21NS. The van der Waals surface area contributed by atoms with Gasteiger partial charge in [-0.15, -0.1) is 0 Å². The van der Waals surface area contributed by atoms with Gasteiger partial charge in [-0.1, -0.05) is 31.2 Å². The lowest BCUT2D eigenvalue weighted by atomic mass is 10.1. The highest BCUT2D eigenvalue weighted by Gasteiger charge is 2.03. The van der Waals surface area contributed by atoms with Crippen LogP contribution in [0.2, 0.25) is 0 Å². The second-order valence-electron chi connectivity index (χ2n) is 4.79. The van der Waals surface area contributed by atoms with E-state index in [1.54, 1.807) is 11.3 Å². The van der Waals surface area contributed by atoms with Gasteiger partial charge < -0.3 is 5.32 Å². The third-order valence-electron chi connectivity index (χ3n) is 3.21. The Hall–Kier alpha value is -1.12. The molecule has 1 nitrogen and oxygen atoms in total. The van der Waals surface area contributed by atoms with E-state index in [1.807, 2.05) is 0 Å². The van der Waals surface area contributed by atoms with Gasteiger partial charge in [0.1, 0.15) is 0 Å². The molecule has 0 bridgehead atoms. The molecule has 2 rings (SSSR count). The minimum atomic E-state index is 0.519. The molecule has 2 heteroatoms. The van der Waals surface area contributed by atoms with E-state index in [4.69, 9.17) is 0 Å². The van der Waals surface area contributed by atoms with Crippen LogP contribution in [-0.2, 0) is 19.4 Å². The average Bonchev–Trinajstić information content (AvgIpc) is 2.90. The molecule has 0 fully saturated rings. The molecule has 0 radical (unpaired) electrons. The zero-order chi connectivity index (χ0) is 12.8. The molecule has 0 aliphatic heterocycles. The highest BCUT2D eigenvalue weighted by atomic mass is 32.1. The van der Waals surface area contributed by atoms with Crippen LogP contribution in [0.3, 0.4) is 0 Å². The van der Waals surface area contributed by atoms with Gasteiger partial charge in [0, 0.05) is 12.6 Å². The molecule has 1 unspecified atom stereocenters. The molecule has 2 aromatic rings. The van der Waals surface area contributed by atoms with Crippen molar-refractivity contribution in [1.29, 1.82) is 0 Å². The predicted octanol–water partition coefficient (Wildman–Crippen LogP) is 4.03. The second-order valence-corrected chi connectivity index (χ2v) is 5.57. The molecular weight excluding hydrogens is 238 g/mol. The van der Waals surface area contributed by atoms with Crippen molar-refractivity contribution in [3.05, 3.63) is 57.8 Å². The lowest BCUT2D eigenvalue weighted by Gasteiger charge is -2.13. The number of thiophene rings is 1. The third-order valence-corrected chi connectivity index (χ3v) is 3.94. The summed E-state index contributed by atoms with van der Waals surface area (Å²) in [7, 11) is 0. The van der Waals surface area contributed by atoms with Crippen molar-refractivity contribution < 1.29 is 0 Å². The Morgan fingerprint density at radius 1 is 1.06 bits per heavy atom. The fourth-order valence-electron chi connectivity index (χ4n) is 2.02. The van der Waals surface area contributed by atoms with Crippen molar-refractivity contribution >= 4 is 11.3 Å². The molecule has 0 saturated heterocycles. The van der Waals surface area contributed by atoms with Gasteiger partial charge in [0.25, 0.3) is 0 Å². The number of nitrogens with one attached hydrogen (secondary N) is 1. The summed E-state index contributed by atoms with van der Waals surface area (Å²) in [6.45, 7) is 5.39. The van der Waals surface area contributed by atoms with Gasteiger partial charge in [0.2, 0.25) is 0 Å². The molecule has 18 heavy (non-hydrogen) atoms. The summed E-state index contributed by atoms with van der Waals surface area (Å²) in [6, 6.07) is 11.6. The van der Waals surface area contributed by atoms with Crippen LogP contribution in [0.5, 0.6) is 0 Å². The number of aryl methyl sites for hydroxylation is 1. The molecule has 1 aromatic heterocycles. The van der Waals surface area contributed by atoms with E-state index in [-0.39, 0.29) is 0 Å². The molecule has 96 valence electrons. The van der Waals surface area contributed by atoms with E-state index in [2.05, 4.69) is 60.3 Å². The van der Waals surface area contributed by atoms with Gasteiger partial charge in [-0.25, -0.2) is 0 Å². The van der Waals surface area contributed by atoms with Crippen molar-refractivity contribution in [3.8, 4) is 0 Å². The first-order chi connectivity index (χ1) is 8.78. The fraction of sp³-hybridized carbons (Fsp3) is 0.375. The van der Waals surface area contributed by atoms with E-state index < -0.39 is 0 Å². The van der Waals surface area contributed by atoms with Gasteiger partial charge in [-0.3, -0.25) is 0 Å². The van der Waals surface area contributed by atoms with Gasteiger partial charge in [-0.05, 0) is 53.3 Å². The molecule has 1 aromatic carbocycles. The molecule has 1 heterocycles. The minimum Gasteiger partial charge on any atom is -0.310 e. The minimum absolute atomic E-state index is 0.519. The van der Waals surface area contributed by atoms with Crippen LogP contribution in [-0.4, -0.2) is 6.04 Å². The smallest absolute Gasteiger partial charge is 0.0208 e. The number of benzene rings is 1. The summed E-state index contributed by atoms with van der Waals surface area (Å²) in [5, 5.41) is 7.95. The molecule has 0 saturated carbocycles. The Balaban J connectivity index is 1.79. The number of rotatable bonds is 6. The summed E-state index contributed by atoms with van der Waals surface area (Å²) in [4.78, 5) is 0. The monoisotopic (exact) mass is 259 g/mol. The van der Waals surface area contributed by atoms with Crippen LogP contribution >= 0.6 is 11.3 Å². The predicted molar refractivity (Wildman–Crippen MR) is 80.1 cm³/mol. The maximum Gasteiger partial charge on any atom is 0.0208 e. The Kier molecular flexibility index (Phi) is 4.97. The van der Waals surface area contributed by atoms with E-state index in [1.165, 1.54) is 16.7 Å². The van der Waals surface area contributed by atoms with Crippen molar-refractivity contribution in [2.24, 2.45) is 0 Å². The number of hydrogen-bond donors (Lipinski definition) is 1. The van der Waals surface area contributed by atoms with Gasteiger partial charge in [0.05, 0.1) is 0 Å². The average molecular weight is 259 g/mol. The maximum absolute atomic E-state index is 3.58. The molecule has 1 atom stereocenters. The molecule has 0 spiro atoms. The second kappa shape index (κ2) is 6.72. The van der Waals surface area contributed by atoms with E-state index in [0.717, 1.165) is 19.4 Å². The quantitative estimate of drug-likeness (QED) is 0.826. The third kappa shape index (κ3) is 3.97. The van der Waals surface area contributed by atoms with Crippen LogP contribution in [0.1, 0.15) is 30.5 Å². The first-order valence-corrected chi connectivity index (χ1v) is 7.54. The highest BCUT2D eigenvalue weighted by Crippen LogP contribution is 2.09. The van der Waals surface area contributed by atoms with E-state index >= 15 is 0 Å². The first kappa shape index (κ1) is 13.3. The summed E-state index contributed by atoms with van der Waals surface area (Å²) in [5.41, 5.74) is 4.20. The molecule has 0 aliphatic carbocycles. The Morgan fingerprint density at radius 3 is 2.39 bits per heavy atom. The van der Waals surface area contributed by atoms with Gasteiger partial charge >= 0.3 is 0 Å². The Labute approximate surface area is 114 Å². The highest BCUT2D eigenvalue weighted by molar-refractivity contribution is 7.07. The van der Waals surface area contributed by atoms with Crippen molar-refractivity contribution in [3.63, 3.8) is 0 Å². The lowest BCUT2D eigenvalue weighted by molar-refractivity contribution is 0.546. The first-order valence-electron chi connectivity index (χ1n) is 6.60. The van der Waals surface area contributed by atoms with Crippen molar-refractivity contribution in [2.75, 3.05) is 0 Å². The van der Waals surface area contributed by atoms with Crippen LogP contribution in [0, 0.1) is 0 Å². The topological polar surface area (TPSA) is 12.0 Å². The normalized spacial score (nSPS) is 12.6. The summed E-state index contributed by atoms with van der Waals surface area (Å²) in [6.07, 6.45) is 2.22. The summed E-state index contributed by atoms with van der Waals surface area (Å²) < 4.78 is 0. The van der Waals surface area contributed by atoms with Crippen molar-refractivity contribution in [2.45, 2.75) is 39.3 Å². The lowest BCUT2D eigenvalue weighted by Crippen LogP contribution is -2.27. The molecule has 0 aliphatic rings. The molecule has 1 N–H and O–H groups in total. The van der Waals surface area contributed by atoms with Crippen LogP contribution in [0.25, 0.3) is 0 Å². The Bertz CT molecular complexity index is 444. The van der Waals surface area contributed by atoms with Crippen molar-refractivity contribution in [1.82, 2.24) is 5.32 Å². The van der Waals surface area contributed by atoms with E-state index in [0.29, 0.717) is 6.04 Å². The molecule has 0 amide bonds. The van der Waals surface area contributed by atoms with Crippen LogP contribution in [0.4, 0.5) is 0 Å². The van der Waals surface area contributed by atoms with E-state index in [9.17, 15) is 0 Å². The summed E-state index contributed by atoms with van der Waals surface area (Å²) in [5.74, 6) is 0. The number of hydrogen-bond acceptors (Lipinski definition) is 2. The van der Waals surface area contributed by atoms with Gasteiger partial charge in [0.15, 0.2) is 0 Å². The van der Waals surface area contributed by atoms with Crippen LogP contribution < -0.4 is 5.32 Å². The largest absolute Gasteiger partial charge is 0.310 e. The van der Waals surface area contributed by atoms with Crippen LogP contribution in [0.15, 0.2) is 41.1 Å². The summed E-state index contributed by atoms with van der Waals surface area (Å²) >= 11 is 1.77. The SMILES string of the molecule is CCc1ccc(CNC(C)Cc2ccsc2)cc1. The zero-order valence-electron chi connectivity index (χ0n) is 11.1. The standard InChI is InChI=1S/C16H21NS/c1-3-14-4-6-15(7-5-14)11-17-13(2)10-16-8-9-18-12-16/h4-9,12-13,17H,3,10-11H2,1-2H3. The fourth-order valence-corrected chi connectivity index (χ4v) is 2.70. The Morgan fingerprint density at radius 2 is 1.78 bits per heavy atom. The zero-order valence-corrected chi connectivity index (χ0v) is 12.0. The maximum atomic E-state index is 3.58. The van der Waals surface area contributed by atoms with Gasteiger partial charge in [-0.2, -0.15) is 11.3 Å².